The first-order valence-electron chi connectivity index (χ1n) is 11.0. The summed E-state index contributed by atoms with van der Waals surface area (Å²) in [6, 6.07) is 18.0. The van der Waals surface area contributed by atoms with Gasteiger partial charge in [0.2, 0.25) is 0 Å². The minimum atomic E-state index is -0.460. The minimum Gasteiger partial charge on any atom is -0.465 e. The van der Waals surface area contributed by atoms with E-state index in [1.807, 2.05) is 50.2 Å². The number of benzene rings is 2. The van der Waals surface area contributed by atoms with E-state index in [0.29, 0.717) is 22.8 Å². The number of aryl methyl sites for hydroxylation is 2. The van der Waals surface area contributed by atoms with Crippen LogP contribution in [0.4, 0.5) is 5.69 Å². The summed E-state index contributed by atoms with van der Waals surface area (Å²) in [7, 11) is 1.31. The summed E-state index contributed by atoms with van der Waals surface area (Å²) in [6.45, 7) is 3.94. The summed E-state index contributed by atoms with van der Waals surface area (Å²) in [5.74, 6) is -1.28. The monoisotopic (exact) mass is 488 g/mol. The third-order valence-corrected chi connectivity index (χ3v) is 6.27. The first kappa shape index (κ1) is 24.2. The molecule has 8 nitrogen and oxygen atoms in total. The largest absolute Gasteiger partial charge is 0.465 e. The van der Waals surface area contributed by atoms with E-state index >= 15 is 0 Å². The van der Waals surface area contributed by atoms with E-state index < -0.39 is 17.8 Å². The van der Waals surface area contributed by atoms with Crippen molar-refractivity contribution in [1.82, 2.24) is 14.9 Å². The predicted octanol–water partition coefficient (Wildman–Crippen LogP) is 3.91. The lowest BCUT2D eigenvalue weighted by Gasteiger charge is -2.15. The van der Waals surface area contributed by atoms with Crippen LogP contribution in [0.1, 0.15) is 27.3 Å². The van der Waals surface area contributed by atoms with Crippen molar-refractivity contribution >= 4 is 35.2 Å². The van der Waals surface area contributed by atoms with Crippen molar-refractivity contribution in [3.8, 4) is 0 Å². The number of nitrogens with one attached hydrogen (secondary N) is 1. The number of amides is 2. The quantitative estimate of drug-likeness (QED) is 0.289. The number of esters is 1. The van der Waals surface area contributed by atoms with Crippen molar-refractivity contribution in [2.24, 2.45) is 0 Å². The van der Waals surface area contributed by atoms with Gasteiger partial charge < -0.3 is 10.1 Å². The number of carbonyl (C=O) groups excluding carboxylic acids is 3. The number of aromatic nitrogens is 2. The molecule has 1 N–H and O–H groups in total. The van der Waals surface area contributed by atoms with Gasteiger partial charge in [0, 0.05) is 23.6 Å². The van der Waals surface area contributed by atoms with E-state index in [1.165, 1.54) is 12.0 Å². The maximum Gasteiger partial charge on any atom is 0.337 e. The maximum atomic E-state index is 13.4. The molecule has 3 aromatic rings. The van der Waals surface area contributed by atoms with Crippen molar-refractivity contribution in [1.29, 1.82) is 0 Å². The molecule has 0 spiro atoms. The number of anilines is 1. The van der Waals surface area contributed by atoms with E-state index in [-0.39, 0.29) is 17.1 Å². The van der Waals surface area contributed by atoms with Crippen molar-refractivity contribution < 1.29 is 19.1 Å². The number of thioether (sulfide) groups is 1. The molecule has 0 unspecified atom stereocenters. The van der Waals surface area contributed by atoms with Gasteiger partial charge in [0.1, 0.15) is 10.6 Å². The van der Waals surface area contributed by atoms with Crippen molar-refractivity contribution in [2.45, 2.75) is 25.4 Å². The normalized spacial score (nSPS) is 13.4. The fourth-order valence-electron chi connectivity index (χ4n) is 3.63. The molecule has 35 heavy (non-hydrogen) atoms. The standard InChI is InChI=1S/C26H24N4O4S/c1-16-15-17(2)28-26(27-16)35-22-21(29-20-11-9-19(10-12-20)25(33)34-3)23(31)30(24(22)32)14-13-18-7-5-4-6-8-18/h4-12,15,29H,13-14H2,1-3H3. The molecule has 1 aliphatic rings. The molecule has 0 radical (unpaired) electrons. The van der Waals surface area contributed by atoms with Gasteiger partial charge in [-0.2, -0.15) is 0 Å². The highest BCUT2D eigenvalue weighted by Gasteiger charge is 2.39. The zero-order chi connectivity index (χ0) is 24.9. The second-order valence-corrected chi connectivity index (χ2v) is 8.91. The first-order chi connectivity index (χ1) is 16.9. The fourth-order valence-corrected chi connectivity index (χ4v) is 4.63. The van der Waals surface area contributed by atoms with Crippen LogP contribution >= 0.6 is 11.8 Å². The smallest absolute Gasteiger partial charge is 0.337 e. The molecule has 2 heterocycles. The zero-order valence-electron chi connectivity index (χ0n) is 19.6. The Balaban J connectivity index is 1.63. The summed E-state index contributed by atoms with van der Waals surface area (Å²) in [5, 5.41) is 3.46. The molecule has 178 valence electrons. The van der Waals surface area contributed by atoms with Crippen LogP contribution in [0.25, 0.3) is 0 Å². The van der Waals surface area contributed by atoms with E-state index in [9.17, 15) is 14.4 Å². The second-order valence-electron chi connectivity index (χ2n) is 7.93. The minimum absolute atomic E-state index is 0.154. The maximum absolute atomic E-state index is 13.4. The van der Waals surface area contributed by atoms with E-state index in [4.69, 9.17) is 4.74 Å². The predicted molar refractivity (Wildman–Crippen MR) is 133 cm³/mol. The van der Waals surface area contributed by atoms with Gasteiger partial charge in [-0.05, 0) is 67.9 Å². The molecule has 2 amide bonds. The van der Waals surface area contributed by atoms with Crippen LogP contribution in [0.15, 0.2) is 76.4 Å². The zero-order valence-corrected chi connectivity index (χ0v) is 20.4. The number of methoxy groups -OCH3 is 1. The summed E-state index contributed by atoms with van der Waals surface area (Å²) >= 11 is 1.06. The Morgan fingerprint density at radius 2 is 1.63 bits per heavy atom. The number of hydrogen-bond donors (Lipinski definition) is 1. The van der Waals surface area contributed by atoms with Gasteiger partial charge in [0.05, 0.1) is 12.7 Å². The number of hydrogen-bond acceptors (Lipinski definition) is 8. The van der Waals surface area contributed by atoms with Gasteiger partial charge in [-0.25, -0.2) is 14.8 Å². The summed E-state index contributed by atoms with van der Waals surface area (Å²) in [6.07, 6.45) is 0.539. The Bertz CT molecular complexity index is 1290. The molecule has 0 atom stereocenters. The first-order valence-corrected chi connectivity index (χ1v) is 11.8. The number of imide groups is 1. The third kappa shape index (κ3) is 5.58. The average Bonchev–Trinajstić information content (AvgIpc) is 3.06. The van der Waals surface area contributed by atoms with E-state index in [0.717, 1.165) is 28.7 Å². The van der Waals surface area contributed by atoms with Crippen molar-refractivity contribution in [3.05, 3.63) is 93.8 Å². The Labute approximate surface area is 207 Å². The van der Waals surface area contributed by atoms with Crippen LogP contribution in [0.3, 0.4) is 0 Å². The Morgan fingerprint density at radius 3 is 2.26 bits per heavy atom. The molecule has 0 saturated carbocycles. The molecule has 1 aromatic heterocycles. The number of rotatable bonds is 8. The lowest BCUT2D eigenvalue weighted by atomic mass is 10.1. The molecule has 0 aliphatic carbocycles. The van der Waals surface area contributed by atoms with Crippen LogP contribution < -0.4 is 5.32 Å². The Morgan fingerprint density at radius 1 is 0.971 bits per heavy atom. The molecular weight excluding hydrogens is 464 g/mol. The molecule has 4 rings (SSSR count). The topological polar surface area (TPSA) is 101 Å². The van der Waals surface area contributed by atoms with Crippen molar-refractivity contribution in [3.63, 3.8) is 0 Å². The van der Waals surface area contributed by atoms with E-state index in [1.54, 1.807) is 24.3 Å². The van der Waals surface area contributed by atoms with Crippen LogP contribution in [0.2, 0.25) is 0 Å². The number of nitrogens with zero attached hydrogens (tertiary/aromatic N) is 3. The average molecular weight is 489 g/mol. The van der Waals surface area contributed by atoms with Gasteiger partial charge in [-0.1, -0.05) is 30.3 Å². The van der Waals surface area contributed by atoms with Gasteiger partial charge in [0.15, 0.2) is 5.16 Å². The summed E-state index contributed by atoms with van der Waals surface area (Å²) < 4.78 is 4.73. The molecule has 2 aromatic carbocycles. The molecule has 1 aliphatic heterocycles. The van der Waals surface area contributed by atoms with Crippen LogP contribution in [-0.4, -0.2) is 46.3 Å². The SMILES string of the molecule is COC(=O)c1ccc(NC2=C(Sc3nc(C)cc(C)n3)C(=O)N(CCc3ccccc3)C2=O)cc1. The molecule has 9 heteroatoms. The molecule has 0 bridgehead atoms. The molecule has 0 fully saturated rings. The van der Waals surface area contributed by atoms with Gasteiger partial charge in [-0.15, -0.1) is 0 Å². The highest BCUT2D eigenvalue weighted by Crippen LogP contribution is 2.34. The van der Waals surface area contributed by atoms with Crippen LogP contribution in [0, 0.1) is 13.8 Å². The molecular formula is C26H24N4O4S. The lowest BCUT2D eigenvalue weighted by Crippen LogP contribution is -2.34. The fraction of sp³-hybridized carbons (Fsp3) is 0.192. The molecule has 0 saturated heterocycles. The lowest BCUT2D eigenvalue weighted by molar-refractivity contribution is -0.137. The van der Waals surface area contributed by atoms with Crippen LogP contribution in [-0.2, 0) is 20.7 Å². The number of carbonyl (C=O) groups is 3. The second kappa shape index (κ2) is 10.5. The van der Waals surface area contributed by atoms with E-state index in [2.05, 4.69) is 15.3 Å². The summed E-state index contributed by atoms with van der Waals surface area (Å²) in [4.78, 5) is 48.7. The Kier molecular flexibility index (Phi) is 7.26. The highest BCUT2D eigenvalue weighted by molar-refractivity contribution is 8.04. The van der Waals surface area contributed by atoms with Gasteiger partial charge in [0.25, 0.3) is 11.8 Å². The Hall–Kier alpha value is -3.98. The van der Waals surface area contributed by atoms with Crippen LogP contribution in [0.5, 0.6) is 0 Å². The van der Waals surface area contributed by atoms with Gasteiger partial charge in [-0.3, -0.25) is 14.5 Å². The van der Waals surface area contributed by atoms with Gasteiger partial charge >= 0.3 is 5.97 Å². The number of ether oxygens (including phenoxy) is 1. The third-order valence-electron chi connectivity index (χ3n) is 5.32. The summed E-state index contributed by atoms with van der Waals surface area (Å²) in [5.41, 5.74) is 3.65. The highest BCUT2D eigenvalue weighted by atomic mass is 32.2. The van der Waals surface area contributed by atoms with Crippen molar-refractivity contribution in [2.75, 3.05) is 19.0 Å².